The van der Waals surface area contributed by atoms with Crippen molar-refractivity contribution in [3.8, 4) is 0 Å². The van der Waals surface area contributed by atoms with Crippen LogP contribution in [0, 0.1) is 17.3 Å². The maximum absolute atomic E-state index is 6.15. The number of ether oxygens (including phenoxy) is 4. The van der Waals surface area contributed by atoms with E-state index < -0.39 is 0 Å². The number of epoxide rings is 2. The molecule has 4 rings (SSSR count). The van der Waals surface area contributed by atoms with E-state index in [0.717, 1.165) is 38.3 Å². The highest BCUT2D eigenvalue weighted by atomic mass is 16.6. The van der Waals surface area contributed by atoms with Crippen LogP contribution in [0.25, 0.3) is 0 Å². The van der Waals surface area contributed by atoms with E-state index in [9.17, 15) is 0 Å². The molecule has 2 heterocycles. The average molecular weight is 353 g/mol. The lowest BCUT2D eigenvalue weighted by atomic mass is 9.60. The highest BCUT2D eigenvalue weighted by molar-refractivity contribution is 4.92. The van der Waals surface area contributed by atoms with Crippen LogP contribution in [0.1, 0.15) is 65.2 Å². The van der Waals surface area contributed by atoms with Crippen LogP contribution < -0.4 is 0 Å². The first-order valence-electron chi connectivity index (χ1n) is 10.6. The fourth-order valence-corrected chi connectivity index (χ4v) is 5.09. The SMILES string of the molecule is CC(C)(C1CCCC(OCC2CO2)C1)C1CCCC(OCC2CO2)C1. The van der Waals surface area contributed by atoms with Crippen LogP contribution in [0.5, 0.6) is 0 Å². The van der Waals surface area contributed by atoms with Crippen molar-refractivity contribution in [2.24, 2.45) is 17.3 Å². The number of hydrogen-bond donors (Lipinski definition) is 0. The molecule has 0 radical (unpaired) electrons. The van der Waals surface area contributed by atoms with Crippen LogP contribution >= 0.6 is 0 Å². The molecule has 6 atom stereocenters. The fourth-order valence-electron chi connectivity index (χ4n) is 5.09. The predicted molar refractivity (Wildman–Crippen MR) is 96.7 cm³/mol. The van der Waals surface area contributed by atoms with Gasteiger partial charge in [0.2, 0.25) is 0 Å². The van der Waals surface area contributed by atoms with Crippen LogP contribution in [0.4, 0.5) is 0 Å². The summed E-state index contributed by atoms with van der Waals surface area (Å²) in [6.07, 6.45) is 12.0. The van der Waals surface area contributed by atoms with Crippen molar-refractivity contribution < 1.29 is 18.9 Å². The van der Waals surface area contributed by atoms with Gasteiger partial charge in [0.1, 0.15) is 12.2 Å². The zero-order valence-electron chi connectivity index (χ0n) is 16.1. The summed E-state index contributed by atoms with van der Waals surface area (Å²) in [5.74, 6) is 1.56. The summed E-state index contributed by atoms with van der Waals surface area (Å²) in [4.78, 5) is 0. The minimum Gasteiger partial charge on any atom is -0.375 e. The summed E-state index contributed by atoms with van der Waals surface area (Å²) in [6.45, 7) is 8.44. The topological polar surface area (TPSA) is 43.5 Å². The highest BCUT2D eigenvalue weighted by Gasteiger charge is 2.42. The maximum Gasteiger partial charge on any atom is 0.104 e. The zero-order valence-corrected chi connectivity index (χ0v) is 16.1. The molecule has 0 spiro atoms. The van der Waals surface area contributed by atoms with E-state index in [0.29, 0.717) is 29.8 Å². The molecular weight excluding hydrogens is 316 g/mol. The fraction of sp³-hybridized carbons (Fsp3) is 1.00. The summed E-state index contributed by atoms with van der Waals surface area (Å²) < 4.78 is 22.9. The highest BCUT2D eigenvalue weighted by Crippen LogP contribution is 2.49. The Morgan fingerprint density at radius 1 is 0.760 bits per heavy atom. The molecule has 2 saturated carbocycles. The third-order valence-electron chi connectivity index (χ3n) is 7.20. The molecule has 2 aliphatic heterocycles. The normalized spacial score (nSPS) is 41.5. The van der Waals surface area contributed by atoms with Crippen molar-refractivity contribution in [3.63, 3.8) is 0 Å². The van der Waals surface area contributed by atoms with Crippen LogP contribution in [0.2, 0.25) is 0 Å². The molecule has 144 valence electrons. The van der Waals surface area contributed by atoms with E-state index in [1.807, 2.05) is 0 Å². The van der Waals surface area contributed by atoms with E-state index in [4.69, 9.17) is 18.9 Å². The smallest absolute Gasteiger partial charge is 0.104 e. The molecule has 4 heteroatoms. The summed E-state index contributed by atoms with van der Waals surface area (Å²) in [6, 6.07) is 0. The van der Waals surface area contributed by atoms with E-state index in [-0.39, 0.29) is 0 Å². The molecule has 2 saturated heterocycles. The molecule has 4 aliphatic rings. The van der Waals surface area contributed by atoms with Gasteiger partial charge in [-0.2, -0.15) is 0 Å². The number of rotatable bonds is 8. The standard InChI is InChI=1S/C21H36O4/c1-21(2,15-5-3-7-17(9-15)22-11-19-13-24-19)16-6-4-8-18(10-16)23-12-20-14-25-20/h15-20H,3-14H2,1-2H3. The largest absolute Gasteiger partial charge is 0.375 e. The predicted octanol–water partition coefficient (Wildman–Crippen LogP) is 3.96. The third kappa shape index (κ3) is 4.97. The monoisotopic (exact) mass is 352 g/mol. The first-order valence-corrected chi connectivity index (χ1v) is 10.6. The van der Waals surface area contributed by atoms with E-state index in [1.54, 1.807) is 0 Å². The first-order chi connectivity index (χ1) is 12.1. The van der Waals surface area contributed by atoms with E-state index >= 15 is 0 Å². The molecule has 2 aliphatic carbocycles. The maximum atomic E-state index is 6.15. The van der Waals surface area contributed by atoms with Crippen molar-refractivity contribution in [1.82, 2.24) is 0 Å². The van der Waals surface area contributed by atoms with Crippen molar-refractivity contribution >= 4 is 0 Å². The van der Waals surface area contributed by atoms with Gasteiger partial charge in [0, 0.05) is 0 Å². The quantitative estimate of drug-likeness (QED) is 0.620. The molecule has 4 fully saturated rings. The second kappa shape index (κ2) is 7.84. The Hall–Kier alpha value is -0.160. The summed E-state index contributed by atoms with van der Waals surface area (Å²) in [5, 5.41) is 0. The molecule has 0 aromatic rings. The van der Waals surface area contributed by atoms with Gasteiger partial charge in [0.25, 0.3) is 0 Å². The molecule has 0 N–H and O–H groups in total. The third-order valence-corrected chi connectivity index (χ3v) is 7.20. The summed E-state index contributed by atoms with van der Waals surface area (Å²) >= 11 is 0. The van der Waals surface area contributed by atoms with Crippen LogP contribution in [0.15, 0.2) is 0 Å². The molecule has 0 aromatic heterocycles. The lowest BCUT2D eigenvalue weighted by Crippen LogP contribution is -2.41. The Balaban J connectivity index is 1.28. The van der Waals surface area contributed by atoms with Crippen molar-refractivity contribution in [1.29, 1.82) is 0 Å². The van der Waals surface area contributed by atoms with Gasteiger partial charge < -0.3 is 18.9 Å². The van der Waals surface area contributed by atoms with Gasteiger partial charge in [-0.25, -0.2) is 0 Å². The molecule has 4 nitrogen and oxygen atoms in total. The second-order valence-electron chi connectivity index (χ2n) is 9.37. The average Bonchev–Trinajstić information content (AvgIpc) is 3.54. The Morgan fingerprint density at radius 2 is 1.20 bits per heavy atom. The van der Waals surface area contributed by atoms with Gasteiger partial charge >= 0.3 is 0 Å². The van der Waals surface area contributed by atoms with Crippen LogP contribution in [-0.4, -0.2) is 50.8 Å². The van der Waals surface area contributed by atoms with Gasteiger partial charge in [-0.15, -0.1) is 0 Å². The molecule has 0 bridgehead atoms. The molecule has 0 aromatic carbocycles. The van der Waals surface area contributed by atoms with Crippen molar-refractivity contribution in [3.05, 3.63) is 0 Å². The van der Waals surface area contributed by atoms with Gasteiger partial charge in [-0.05, 0) is 55.8 Å². The van der Waals surface area contributed by atoms with Gasteiger partial charge in [0.15, 0.2) is 0 Å². The van der Waals surface area contributed by atoms with Gasteiger partial charge in [0.05, 0.1) is 38.6 Å². The lowest BCUT2D eigenvalue weighted by Gasteiger charge is -2.47. The van der Waals surface area contributed by atoms with Crippen LogP contribution in [0.3, 0.4) is 0 Å². The lowest BCUT2D eigenvalue weighted by molar-refractivity contribution is -0.0558. The van der Waals surface area contributed by atoms with Crippen molar-refractivity contribution in [2.75, 3.05) is 26.4 Å². The van der Waals surface area contributed by atoms with Gasteiger partial charge in [-0.1, -0.05) is 26.7 Å². The Labute approximate surface area is 152 Å². The van der Waals surface area contributed by atoms with E-state index in [2.05, 4.69) is 13.8 Å². The summed E-state index contributed by atoms with van der Waals surface area (Å²) in [5.41, 5.74) is 0.385. The Morgan fingerprint density at radius 3 is 1.60 bits per heavy atom. The summed E-state index contributed by atoms with van der Waals surface area (Å²) in [7, 11) is 0. The minimum absolute atomic E-state index is 0.385. The first kappa shape index (κ1) is 18.2. The minimum atomic E-state index is 0.385. The Bertz CT molecular complexity index is 392. The molecule has 25 heavy (non-hydrogen) atoms. The molecule has 0 amide bonds. The number of hydrogen-bond acceptors (Lipinski definition) is 4. The molecule has 6 unspecified atom stereocenters. The Kier molecular flexibility index (Phi) is 5.71. The van der Waals surface area contributed by atoms with Crippen LogP contribution in [-0.2, 0) is 18.9 Å². The molecular formula is C21H36O4. The van der Waals surface area contributed by atoms with E-state index in [1.165, 1.54) is 51.4 Å². The van der Waals surface area contributed by atoms with Crippen molar-refractivity contribution in [2.45, 2.75) is 89.6 Å². The second-order valence-corrected chi connectivity index (χ2v) is 9.37. The van der Waals surface area contributed by atoms with Gasteiger partial charge in [-0.3, -0.25) is 0 Å². The zero-order chi connectivity index (χ0) is 17.3.